The fraction of sp³-hybridized carbons (Fsp3) is 0.529. The van der Waals surface area contributed by atoms with E-state index in [1.807, 2.05) is 30.3 Å². The van der Waals surface area contributed by atoms with Crippen molar-refractivity contribution >= 4 is 11.0 Å². The Kier molecular flexibility index (Phi) is 3.14. The summed E-state index contributed by atoms with van der Waals surface area (Å²) in [6.45, 7) is 4.53. The maximum atomic E-state index is 10.7. The van der Waals surface area contributed by atoms with Crippen LogP contribution in [0.2, 0.25) is 0 Å². The van der Waals surface area contributed by atoms with E-state index in [1.165, 1.54) is 19.3 Å². The number of aliphatic hydroxyl groups excluding tert-OH is 1. The number of para-hydroxylation sites is 1. The van der Waals surface area contributed by atoms with Gasteiger partial charge in [-0.1, -0.05) is 44.9 Å². The molecule has 2 nitrogen and oxygen atoms in total. The number of hydrogen-bond acceptors (Lipinski definition) is 2. The highest BCUT2D eigenvalue weighted by molar-refractivity contribution is 5.77. The molecule has 1 aromatic carbocycles. The number of aliphatic hydroxyl groups is 1. The summed E-state index contributed by atoms with van der Waals surface area (Å²) in [5.74, 6) is 1.02. The quantitative estimate of drug-likeness (QED) is 0.848. The second-order valence-electron chi connectivity index (χ2n) is 6.47. The van der Waals surface area contributed by atoms with Crippen molar-refractivity contribution in [2.45, 2.75) is 45.6 Å². The lowest BCUT2D eigenvalue weighted by Crippen LogP contribution is -2.32. The Morgan fingerprint density at radius 3 is 2.79 bits per heavy atom. The van der Waals surface area contributed by atoms with Crippen LogP contribution in [0.5, 0.6) is 0 Å². The zero-order valence-corrected chi connectivity index (χ0v) is 11.7. The third kappa shape index (κ3) is 2.30. The Bertz CT molecular complexity index is 534. The van der Waals surface area contributed by atoms with Gasteiger partial charge in [0, 0.05) is 5.39 Å². The van der Waals surface area contributed by atoms with Crippen LogP contribution < -0.4 is 0 Å². The molecule has 2 unspecified atom stereocenters. The molecule has 19 heavy (non-hydrogen) atoms. The van der Waals surface area contributed by atoms with E-state index in [2.05, 4.69) is 13.8 Å². The molecule has 1 fully saturated rings. The Morgan fingerprint density at radius 2 is 2.05 bits per heavy atom. The van der Waals surface area contributed by atoms with Crippen molar-refractivity contribution < 1.29 is 9.52 Å². The second kappa shape index (κ2) is 4.68. The molecule has 0 bridgehead atoms. The molecule has 3 rings (SSSR count). The Hall–Kier alpha value is -1.28. The summed E-state index contributed by atoms with van der Waals surface area (Å²) in [5, 5.41) is 11.8. The van der Waals surface area contributed by atoms with Crippen LogP contribution in [-0.2, 0) is 0 Å². The SMILES string of the molecule is CC1(C)CCCCC1C(O)c1cc2ccccc2o1. The van der Waals surface area contributed by atoms with Gasteiger partial charge in [0.1, 0.15) is 17.4 Å². The lowest BCUT2D eigenvalue weighted by atomic mass is 9.66. The smallest absolute Gasteiger partial charge is 0.134 e. The third-order valence-electron chi connectivity index (χ3n) is 4.71. The number of hydrogen-bond donors (Lipinski definition) is 1. The lowest BCUT2D eigenvalue weighted by Gasteiger charge is -2.40. The molecule has 0 spiro atoms. The summed E-state index contributed by atoms with van der Waals surface area (Å²) in [6, 6.07) is 9.94. The van der Waals surface area contributed by atoms with Gasteiger partial charge in [0.05, 0.1) is 0 Å². The molecule has 1 heterocycles. The van der Waals surface area contributed by atoms with Crippen molar-refractivity contribution in [1.29, 1.82) is 0 Å². The molecular weight excluding hydrogens is 236 g/mol. The Balaban J connectivity index is 1.92. The van der Waals surface area contributed by atoms with E-state index in [1.54, 1.807) is 0 Å². The predicted octanol–water partition coefficient (Wildman–Crippen LogP) is 4.68. The molecule has 2 aromatic rings. The first kappa shape index (κ1) is 12.7. The van der Waals surface area contributed by atoms with Crippen molar-refractivity contribution in [1.82, 2.24) is 0 Å². The van der Waals surface area contributed by atoms with Crippen molar-refractivity contribution in [3.05, 3.63) is 36.1 Å². The van der Waals surface area contributed by atoms with Gasteiger partial charge in [-0.3, -0.25) is 0 Å². The van der Waals surface area contributed by atoms with E-state index < -0.39 is 6.10 Å². The average Bonchev–Trinajstić information content (AvgIpc) is 2.81. The number of rotatable bonds is 2. The maximum Gasteiger partial charge on any atom is 0.134 e. The van der Waals surface area contributed by atoms with Crippen LogP contribution in [0.25, 0.3) is 11.0 Å². The summed E-state index contributed by atoms with van der Waals surface area (Å²) in [4.78, 5) is 0. The van der Waals surface area contributed by atoms with Crippen LogP contribution in [0.1, 0.15) is 51.4 Å². The zero-order valence-electron chi connectivity index (χ0n) is 11.7. The van der Waals surface area contributed by atoms with Gasteiger partial charge in [0.2, 0.25) is 0 Å². The van der Waals surface area contributed by atoms with Crippen LogP contribution in [0.15, 0.2) is 34.7 Å². The molecule has 1 saturated carbocycles. The van der Waals surface area contributed by atoms with Gasteiger partial charge < -0.3 is 9.52 Å². The minimum atomic E-state index is -0.484. The minimum absolute atomic E-state index is 0.191. The number of benzene rings is 1. The highest BCUT2D eigenvalue weighted by atomic mass is 16.4. The molecule has 102 valence electrons. The molecule has 1 aliphatic rings. The van der Waals surface area contributed by atoms with E-state index in [0.29, 0.717) is 5.92 Å². The first-order valence-corrected chi connectivity index (χ1v) is 7.24. The summed E-state index contributed by atoms with van der Waals surface area (Å²) in [6.07, 6.45) is 4.28. The van der Waals surface area contributed by atoms with Crippen molar-refractivity contribution in [2.75, 3.05) is 0 Å². The minimum Gasteiger partial charge on any atom is -0.458 e. The fourth-order valence-corrected chi connectivity index (χ4v) is 3.45. The largest absolute Gasteiger partial charge is 0.458 e. The van der Waals surface area contributed by atoms with E-state index in [0.717, 1.165) is 23.2 Å². The zero-order chi connectivity index (χ0) is 13.5. The van der Waals surface area contributed by atoms with Gasteiger partial charge in [-0.2, -0.15) is 0 Å². The molecule has 0 aliphatic heterocycles. The summed E-state index contributed by atoms with van der Waals surface area (Å²) in [7, 11) is 0. The first-order chi connectivity index (χ1) is 9.08. The van der Waals surface area contributed by atoms with Gasteiger partial charge in [-0.05, 0) is 36.3 Å². The second-order valence-corrected chi connectivity index (χ2v) is 6.47. The van der Waals surface area contributed by atoms with E-state index in [9.17, 15) is 5.11 Å². The molecular formula is C17H22O2. The molecule has 1 N–H and O–H groups in total. The van der Waals surface area contributed by atoms with Gasteiger partial charge in [0.25, 0.3) is 0 Å². The number of furan rings is 1. The van der Waals surface area contributed by atoms with Crippen molar-refractivity contribution in [2.24, 2.45) is 11.3 Å². The molecule has 1 aromatic heterocycles. The van der Waals surface area contributed by atoms with Crippen LogP contribution >= 0.6 is 0 Å². The Morgan fingerprint density at radius 1 is 1.26 bits per heavy atom. The van der Waals surface area contributed by atoms with E-state index >= 15 is 0 Å². The fourth-order valence-electron chi connectivity index (χ4n) is 3.45. The standard InChI is InChI=1S/C17H22O2/c1-17(2)10-6-5-8-13(17)16(18)15-11-12-7-3-4-9-14(12)19-15/h3-4,7,9,11,13,16,18H,5-6,8,10H2,1-2H3. The molecule has 0 radical (unpaired) electrons. The van der Waals surface area contributed by atoms with Gasteiger partial charge in [0.15, 0.2) is 0 Å². The van der Waals surface area contributed by atoms with Crippen molar-refractivity contribution in [3.8, 4) is 0 Å². The molecule has 0 saturated heterocycles. The van der Waals surface area contributed by atoms with Gasteiger partial charge in [-0.25, -0.2) is 0 Å². The number of fused-ring (bicyclic) bond motifs is 1. The first-order valence-electron chi connectivity index (χ1n) is 7.24. The summed E-state index contributed by atoms with van der Waals surface area (Å²) >= 11 is 0. The van der Waals surface area contributed by atoms with Crippen LogP contribution in [-0.4, -0.2) is 5.11 Å². The summed E-state index contributed by atoms with van der Waals surface area (Å²) in [5.41, 5.74) is 1.06. The van der Waals surface area contributed by atoms with Crippen LogP contribution in [0, 0.1) is 11.3 Å². The van der Waals surface area contributed by atoms with Gasteiger partial charge >= 0.3 is 0 Å². The normalized spacial score (nSPS) is 24.5. The molecule has 2 atom stereocenters. The lowest BCUT2D eigenvalue weighted by molar-refractivity contribution is -0.00718. The molecule has 2 heteroatoms. The summed E-state index contributed by atoms with van der Waals surface area (Å²) < 4.78 is 5.83. The highest BCUT2D eigenvalue weighted by Crippen LogP contribution is 2.47. The van der Waals surface area contributed by atoms with Crippen molar-refractivity contribution in [3.63, 3.8) is 0 Å². The monoisotopic (exact) mass is 258 g/mol. The molecule has 1 aliphatic carbocycles. The van der Waals surface area contributed by atoms with E-state index in [4.69, 9.17) is 4.42 Å². The van der Waals surface area contributed by atoms with Gasteiger partial charge in [-0.15, -0.1) is 0 Å². The van der Waals surface area contributed by atoms with Crippen LogP contribution in [0.3, 0.4) is 0 Å². The van der Waals surface area contributed by atoms with Crippen LogP contribution in [0.4, 0.5) is 0 Å². The molecule has 0 amide bonds. The Labute approximate surface area is 114 Å². The highest BCUT2D eigenvalue weighted by Gasteiger charge is 2.38. The predicted molar refractivity (Wildman–Crippen MR) is 76.9 cm³/mol. The average molecular weight is 258 g/mol. The third-order valence-corrected chi connectivity index (χ3v) is 4.71. The maximum absolute atomic E-state index is 10.7. The topological polar surface area (TPSA) is 33.4 Å². The van der Waals surface area contributed by atoms with E-state index in [-0.39, 0.29) is 5.41 Å².